The summed E-state index contributed by atoms with van der Waals surface area (Å²) >= 11 is 1.18. The minimum atomic E-state index is -0.418. The van der Waals surface area contributed by atoms with Gasteiger partial charge in [0.1, 0.15) is 4.88 Å². The fourth-order valence-electron chi connectivity index (χ4n) is 1.90. The number of nitrogens with zero attached hydrogens (tertiary/aromatic N) is 2. The molecule has 7 heteroatoms. The zero-order valence-electron chi connectivity index (χ0n) is 10.3. The molecular formula is C11H15N3O3S. The highest BCUT2D eigenvalue weighted by Gasteiger charge is 2.32. The Morgan fingerprint density at radius 1 is 1.67 bits per heavy atom. The normalized spacial score (nSPS) is 19.4. The molecule has 2 rings (SSSR count). The van der Waals surface area contributed by atoms with Crippen LogP contribution in [-0.4, -0.2) is 37.1 Å². The van der Waals surface area contributed by atoms with Gasteiger partial charge in [0.25, 0.3) is 0 Å². The van der Waals surface area contributed by atoms with Crippen LogP contribution in [0.25, 0.3) is 0 Å². The highest BCUT2D eigenvalue weighted by Crippen LogP contribution is 2.31. The van der Waals surface area contributed by atoms with Gasteiger partial charge in [-0.3, -0.25) is 9.69 Å². The number of rotatable bonds is 3. The predicted octanol–water partition coefficient (Wildman–Crippen LogP) is 0.550. The Morgan fingerprint density at radius 3 is 2.94 bits per heavy atom. The maximum Gasteiger partial charge on any atom is 0.350 e. The molecule has 1 aliphatic rings. The van der Waals surface area contributed by atoms with E-state index in [2.05, 4.69) is 9.72 Å². The van der Waals surface area contributed by atoms with Crippen molar-refractivity contribution in [3.05, 3.63) is 10.6 Å². The Balaban J connectivity index is 2.25. The molecule has 0 aromatic carbocycles. The van der Waals surface area contributed by atoms with E-state index in [9.17, 15) is 9.59 Å². The van der Waals surface area contributed by atoms with E-state index in [1.165, 1.54) is 18.4 Å². The summed E-state index contributed by atoms with van der Waals surface area (Å²) in [6.07, 6.45) is 0.447. The number of amides is 1. The number of hydrogen-bond donors (Lipinski definition) is 1. The van der Waals surface area contributed by atoms with Crippen molar-refractivity contribution in [3.8, 4) is 0 Å². The second-order valence-corrected chi connectivity index (χ2v) is 5.19. The first-order valence-electron chi connectivity index (χ1n) is 5.63. The summed E-state index contributed by atoms with van der Waals surface area (Å²) in [5.74, 6) is -0.239. The van der Waals surface area contributed by atoms with Gasteiger partial charge in [-0.2, -0.15) is 0 Å². The fourth-order valence-corrected chi connectivity index (χ4v) is 2.92. The van der Waals surface area contributed by atoms with Crippen molar-refractivity contribution in [2.45, 2.75) is 13.3 Å². The van der Waals surface area contributed by atoms with Crippen molar-refractivity contribution in [2.75, 3.05) is 25.1 Å². The molecule has 1 saturated heterocycles. The van der Waals surface area contributed by atoms with Gasteiger partial charge < -0.3 is 10.5 Å². The number of esters is 1. The number of anilines is 1. The van der Waals surface area contributed by atoms with E-state index < -0.39 is 5.97 Å². The number of hydrogen-bond acceptors (Lipinski definition) is 6. The van der Waals surface area contributed by atoms with Gasteiger partial charge in [0.2, 0.25) is 5.91 Å². The van der Waals surface area contributed by atoms with Gasteiger partial charge in [0.15, 0.2) is 5.13 Å². The molecule has 1 aliphatic heterocycles. The highest BCUT2D eigenvalue weighted by molar-refractivity contribution is 7.17. The van der Waals surface area contributed by atoms with Crippen LogP contribution in [0.5, 0.6) is 0 Å². The van der Waals surface area contributed by atoms with Crippen LogP contribution in [0.15, 0.2) is 0 Å². The summed E-state index contributed by atoms with van der Waals surface area (Å²) in [5.41, 5.74) is 6.16. The molecule has 18 heavy (non-hydrogen) atoms. The van der Waals surface area contributed by atoms with E-state index in [1.54, 1.807) is 11.8 Å². The molecule has 1 atom stereocenters. The first-order chi connectivity index (χ1) is 8.56. The second kappa shape index (κ2) is 5.03. The standard InChI is InChI=1S/C11H15N3O3S/c1-6-9(10(16)17-2)18-11(13-6)14-5-7(4-12)3-8(14)15/h7H,3-5,12H2,1-2H3. The lowest BCUT2D eigenvalue weighted by atomic mass is 10.1. The van der Waals surface area contributed by atoms with Crippen molar-refractivity contribution in [1.29, 1.82) is 0 Å². The molecule has 6 nitrogen and oxygen atoms in total. The number of methoxy groups -OCH3 is 1. The Bertz CT molecular complexity index is 486. The Morgan fingerprint density at radius 2 is 2.39 bits per heavy atom. The van der Waals surface area contributed by atoms with E-state index in [0.29, 0.717) is 35.2 Å². The van der Waals surface area contributed by atoms with E-state index in [0.717, 1.165) is 0 Å². The van der Waals surface area contributed by atoms with Crippen molar-refractivity contribution < 1.29 is 14.3 Å². The molecule has 1 aromatic heterocycles. The average molecular weight is 269 g/mol. The third-order valence-corrected chi connectivity index (χ3v) is 4.09. The first-order valence-corrected chi connectivity index (χ1v) is 6.44. The summed E-state index contributed by atoms with van der Waals surface area (Å²) in [4.78, 5) is 29.6. The van der Waals surface area contributed by atoms with Crippen molar-refractivity contribution in [3.63, 3.8) is 0 Å². The molecule has 1 unspecified atom stereocenters. The topological polar surface area (TPSA) is 85.5 Å². The second-order valence-electron chi connectivity index (χ2n) is 4.21. The number of carbonyl (C=O) groups is 2. The third kappa shape index (κ3) is 2.23. The molecule has 2 heterocycles. The lowest BCUT2D eigenvalue weighted by Crippen LogP contribution is -2.25. The van der Waals surface area contributed by atoms with E-state index in [-0.39, 0.29) is 11.8 Å². The molecule has 0 saturated carbocycles. The van der Waals surface area contributed by atoms with Crippen molar-refractivity contribution in [2.24, 2.45) is 11.7 Å². The van der Waals surface area contributed by atoms with Crippen molar-refractivity contribution in [1.82, 2.24) is 4.98 Å². The van der Waals surface area contributed by atoms with Crippen LogP contribution in [-0.2, 0) is 9.53 Å². The SMILES string of the molecule is COC(=O)c1sc(N2CC(CN)CC2=O)nc1C. The average Bonchev–Trinajstić information content (AvgIpc) is 2.91. The number of nitrogens with two attached hydrogens (primary N) is 1. The quantitative estimate of drug-likeness (QED) is 0.810. The Hall–Kier alpha value is -1.47. The zero-order valence-corrected chi connectivity index (χ0v) is 11.1. The van der Waals surface area contributed by atoms with E-state index in [1.807, 2.05) is 0 Å². The summed E-state index contributed by atoms with van der Waals surface area (Å²) in [5, 5.41) is 0.550. The monoisotopic (exact) mass is 269 g/mol. The maximum atomic E-state index is 11.8. The Labute approximate surface area is 109 Å². The summed E-state index contributed by atoms with van der Waals surface area (Å²) in [6, 6.07) is 0. The van der Waals surface area contributed by atoms with Crippen LogP contribution in [0.1, 0.15) is 21.8 Å². The third-order valence-electron chi connectivity index (χ3n) is 2.93. The number of carbonyl (C=O) groups excluding carboxylic acids is 2. The molecule has 0 aliphatic carbocycles. The smallest absolute Gasteiger partial charge is 0.350 e. The van der Waals surface area contributed by atoms with Gasteiger partial charge in [0, 0.05) is 13.0 Å². The molecule has 0 bridgehead atoms. The lowest BCUT2D eigenvalue weighted by Gasteiger charge is -2.11. The van der Waals surface area contributed by atoms with Gasteiger partial charge in [-0.1, -0.05) is 11.3 Å². The minimum Gasteiger partial charge on any atom is -0.465 e. The van der Waals surface area contributed by atoms with Crippen LogP contribution >= 0.6 is 11.3 Å². The van der Waals surface area contributed by atoms with Gasteiger partial charge in [-0.25, -0.2) is 9.78 Å². The summed E-state index contributed by atoms with van der Waals surface area (Å²) < 4.78 is 4.67. The fraction of sp³-hybridized carbons (Fsp3) is 0.545. The van der Waals surface area contributed by atoms with Gasteiger partial charge in [-0.15, -0.1) is 0 Å². The van der Waals surface area contributed by atoms with E-state index in [4.69, 9.17) is 5.73 Å². The number of aryl methyl sites for hydroxylation is 1. The summed E-state index contributed by atoms with van der Waals surface area (Å²) in [6.45, 7) is 2.78. The minimum absolute atomic E-state index is 0.00983. The highest BCUT2D eigenvalue weighted by atomic mass is 32.1. The first kappa shape index (κ1) is 13.0. The van der Waals surface area contributed by atoms with Crippen molar-refractivity contribution >= 4 is 28.3 Å². The lowest BCUT2D eigenvalue weighted by molar-refractivity contribution is -0.117. The van der Waals surface area contributed by atoms with Gasteiger partial charge in [-0.05, 0) is 19.4 Å². The van der Waals surface area contributed by atoms with Gasteiger partial charge in [0.05, 0.1) is 12.8 Å². The molecule has 1 amide bonds. The molecular weight excluding hydrogens is 254 g/mol. The van der Waals surface area contributed by atoms with Crippen LogP contribution in [0.4, 0.5) is 5.13 Å². The molecule has 0 spiro atoms. The van der Waals surface area contributed by atoms with E-state index >= 15 is 0 Å². The zero-order chi connectivity index (χ0) is 13.3. The van der Waals surface area contributed by atoms with Crippen LogP contribution in [0.3, 0.4) is 0 Å². The predicted molar refractivity (Wildman–Crippen MR) is 67.7 cm³/mol. The summed E-state index contributed by atoms with van der Waals surface area (Å²) in [7, 11) is 1.33. The molecule has 98 valence electrons. The molecule has 2 N–H and O–H groups in total. The maximum absolute atomic E-state index is 11.8. The van der Waals surface area contributed by atoms with Crippen LogP contribution in [0.2, 0.25) is 0 Å². The largest absolute Gasteiger partial charge is 0.465 e. The Kier molecular flexibility index (Phi) is 3.63. The molecule has 1 fully saturated rings. The number of thiazole rings is 1. The van der Waals surface area contributed by atoms with Crippen LogP contribution in [0, 0.1) is 12.8 Å². The van der Waals surface area contributed by atoms with Gasteiger partial charge >= 0.3 is 5.97 Å². The van der Waals surface area contributed by atoms with Crippen LogP contribution < -0.4 is 10.6 Å². The number of ether oxygens (including phenoxy) is 1. The molecule has 0 radical (unpaired) electrons. The molecule has 1 aromatic rings. The number of aromatic nitrogens is 1.